The zero-order valence-corrected chi connectivity index (χ0v) is 25.5. The van der Waals surface area contributed by atoms with Crippen molar-refractivity contribution in [1.82, 2.24) is 0 Å². The predicted molar refractivity (Wildman–Crippen MR) is 87.2 cm³/mol. The number of ether oxygens (including phenoxy) is 5. The number of hydrogen-bond donors (Lipinski definition) is 3. The maximum Gasteiger partial charge on any atom is 1.00 e. The van der Waals surface area contributed by atoms with Gasteiger partial charge in [-0.2, -0.15) is 0 Å². The zero-order chi connectivity index (χ0) is 23.1. The van der Waals surface area contributed by atoms with Crippen molar-refractivity contribution in [3.63, 3.8) is 0 Å². The summed E-state index contributed by atoms with van der Waals surface area (Å²) in [5.41, 5.74) is 0. The molecule has 0 aromatic heterocycles. The number of aliphatic hydroxyl groups excluding tert-OH is 3. The molecule has 1 unspecified atom stereocenters. The molecule has 0 aromatic rings. The van der Waals surface area contributed by atoms with Gasteiger partial charge >= 0.3 is 103 Å². The molecule has 0 spiro atoms. The van der Waals surface area contributed by atoms with Crippen molar-refractivity contribution in [1.29, 1.82) is 0 Å². The summed E-state index contributed by atoms with van der Waals surface area (Å²) < 4.78 is 101. The quantitative estimate of drug-likeness (QED) is 0.138. The average molecular weight is 575 g/mol. The molecule has 0 radical (unpaired) electrons. The molecule has 3 N–H and O–H groups in total. The topological polar surface area (TPSA) is 240 Å². The molecule has 20 heteroatoms. The molecule has 3 aliphatic rings. The van der Waals surface area contributed by atoms with E-state index in [0.717, 1.165) is 0 Å². The van der Waals surface area contributed by atoms with Gasteiger partial charge in [-0.3, -0.25) is 8.37 Å². The first-order chi connectivity index (χ1) is 14.3. The van der Waals surface area contributed by atoms with Gasteiger partial charge in [-0.05, 0) is 0 Å². The Balaban J connectivity index is 0.00000272. The number of aliphatic hydroxyl groups is 3. The van der Waals surface area contributed by atoms with E-state index in [1.165, 1.54) is 7.11 Å². The van der Waals surface area contributed by atoms with Gasteiger partial charge in [0.2, 0.25) is 20.8 Å². The number of methoxy groups -OCH3 is 1. The van der Waals surface area contributed by atoms with Crippen LogP contribution in [0.2, 0.25) is 0 Å². The van der Waals surface area contributed by atoms with Gasteiger partial charge < -0.3 is 48.1 Å². The zero-order valence-electron chi connectivity index (χ0n) is 17.7. The summed E-state index contributed by atoms with van der Waals surface area (Å²) in [5.74, 6) is 0. The van der Waals surface area contributed by atoms with E-state index in [-0.39, 0.29) is 109 Å². The van der Waals surface area contributed by atoms with E-state index in [4.69, 9.17) is 23.7 Å². The molecule has 3 saturated heterocycles. The van der Waals surface area contributed by atoms with Crippen LogP contribution in [0.4, 0.5) is 0 Å². The van der Waals surface area contributed by atoms with Crippen LogP contribution in [0.25, 0.3) is 0 Å². The summed E-state index contributed by atoms with van der Waals surface area (Å²) >= 11 is 0. The molecule has 0 amide bonds. The Hall–Kier alpha value is 2.69. The monoisotopic (exact) mass is 574 g/mol. The second kappa shape index (κ2) is 13.7. The molecular formula is C13H20K2O16S2. The van der Waals surface area contributed by atoms with Crippen molar-refractivity contribution in [3.8, 4) is 0 Å². The van der Waals surface area contributed by atoms with Gasteiger partial charge in [0.1, 0.15) is 42.7 Å². The Labute approximate surface area is 274 Å². The summed E-state index contributed by atoms with van der Waals surface area (Å²) in [6, 6.07) is 0. The smallest absolute Gasteiger partial charge is 0.726 e. The molecule has 3 rings (SSSR count). The molecule has 0 aliphatic carbocycles. The first-order valence-corrected chi connectivity index (χ1v) is 11.4. The van der Waals surface area contributed by atoms with Gasteiger partial charge in [0.15, 0.2) is 18.7 Å². The molecule has 10 atom stereocenters. The van der Waals surface area contributed by atoms with Gasteiger partial charge in [0.05, 0.1) is 13.2 Å². The molecule has 33 heavy (non-hydrogen) atoms. The van der Waals surface area contributed by atoms with Gasteiger partial charge in [-0.25, -0.2) is 16.8 Å². The van der Waals surface area contributed by atoms with Crippen LogP contribution in [-0.4, -0.2) is 123 Å². The van der Waals surface area contributed by atoms with Crippen LogP contribution in [-0.2, 0) is 52.8 Å². The largest absolute Gasteiger partial charge is 1.00 e. The minimum absolute atomic E-state index is 0. The molecule has 3 heterocycles. The van der Waals surface area contributed by atoms with Crippen molar-refractivity contribution >= 4 is 20.8 Å². The van der Waals surface area contributed by atoms with Crippen molar-refractivity contribution < 1.29 is 176 Å². The van der Waals surface area contributed by atoms with E-state index in [0.29, 0.717) is 0 Å². The molecule has 182 valence electrons. The van der Waals surface area contributed by atoms with Crippen LogP contribution in [0, 0.1) is 0 Å². The molecule has 16 nitrogen and oxygen atoms in total. The third kappa shape index (κ3) is 8.59. The van der Waals surface area contributed by atoms with Crippen molar-refractivity contribution in [3.05, 3.63) is 0 Å². The first kappa shape index (κ1) is 33.7. The van der Waals surface area contributed by atoms with Crippen molar-refractivity contribution in [2.24, 2.45) is 0 Å². The van der Waals surface area contributed by atoms with Gasteiger partial charge in [-0.15, -0.1) is 0 Å². The molecule has 0 aromatic carbocycles. The molecule has 2 bridgehead atoms. The maximum atomic E-state index is 11.1. The summed E-state index contributed by atoms with van der Waals surface area (Å²) in [5, 5.41) is 29.8. The van der Waals surface area contributed by atoms with E-state index < -0.39 is 88.8 Å². The van der Waals surface area contributed by atoms with Crippen LogP contribution >= 0.6 is 0 Å². The molecule has 3 fully saturated rings. The van der Waals surface area contributed by atoms with Crippen LogP contribution in [0.5, 0.6) is 0 Å². The third-order valence-electron chi connectivity index (χ3n) is 4.85. The Kier molecular flexibility index (Phi) is 14.0. The second-order valence-corrected chi connectivity index (χ2v) is 8.84. The predicted octanol–water partition coefficient (Wildman–Crippen LogP) is -10.7. The number of rotatable bonds is 8. The fourth-order valence-electron chi connectivity index (χ4n) is 3.58. The summed E-state index contributed by atoms with van der Waals surface area (Å²) in [6.07, 6.45) is -15.5. The minimum Gasteiger partial charge on any atom is -0.726 e. The van der Waals surface area contributed by atoms with Crippen molar-refractivity contribution in [2.45, 2.75) is 61.4 Å². The van der Waals surface area contributed by atoms with Gasteiger partial charge in [0, 0.05) is 7.11 Å². The first-order valence-electron chi connectivity index (χ1n) is 8.70. The van der Waals surface area contributed by atoms with Crippen LogP contribution in [0.3, 0.4) is 0 Å². The van der Waals surface area contributed by atoms with E-state index in [9.17, 15) is 41.3 Å². The Morgan fingerprint density at radius 1 is 0.909 bits per heavy atom. The third-order valence-corrected chi connectivity index (χ3v) is 5.76. The summed E-state index contributed by atoms with van der Waals surface area (Å²) in [6.45, 7) is -1.08. The van der Waals surface area contributed by atoms with E-state index in [2.05, 4.69) is 8.37 Å². The Bertz CT molecular complexity index is 839. The minimum atomic E-state index is -5.32. The van der Waals surface area contributed by atoms with Crippen LogP contribution < -0.4 is 103 Å². The molecular weight excluding hydrogens is 554 g/mol. The van der Waals surface area contributed by atoms with Crippen LogP contribution in [0.1, 0.15) is 0 Å². The van der Waals surface area contributed by atoms with E-state index in [1.807, 2.05) is 0 Å². The van der Waals surface area contributed by atoms with E-state index >= 15 is 0 Å². The van der Waals surface area contributed by atoms with Crippen molar-refractivity contribution in [2.75, 3.05) is 20.3 Å². The Morgan fingerprint density at radius 2 is 1.48 bits per heavy atom. The van der Waals surface area contributed by atoms with Gasteiger partial charge in [0.25, 0.3) is 0 Å². The molecule has 0 saturated carbocycles. The van der Waals surface area contributed by atoms with E-state index in [1.54, 1.807) is 0 Å². The fourth-order valence-corrected chi connectivity index (χ4v) is 4.56. The maximum absolute atomic E-state index is 11.1. The normalized spacial score (nSPS) is 41.2. The van der Waals surface area contributed by atoms with Gasteiger partial charge in [-0.1, -0.05) is 0 Å². The number of hydrogen-bond acceptors (Lipinski definition) is 16. The summed E-state index contributed by atoms with van der Waals surface area (Å²) in [4.78, 5) is 0. The summed E-state index contributed by atoms with van der Waals surface area (Å²) in [7, 11) is -9.36. The Morgan fingerprint density at radius 3 is 2.00 bits per heavy atom. The molecule has 3 aliphatic heterocycles. The standard InChI is InChI=1S/C13H22O16S2.2K/c1-23-13-11(29-31(20,21)22)10-9(5(26-13)3-24-10)27-12-7(16)6(15)8(4(2-14)25-12)28-30(17,18)19;;/h4-16H,2-3H2,1H3,(H,17,18,19)(H,20,21,22);;/q;2*+1/p-2/t4-,5+,6-,7-,8+,9?,10-,11-,12+,13-;;/m0../s1. The second-order valence-electron chi connectivity index (χ2n) is 6.82. The fraction of sp³-hybridized carbons (Fsp3) is 1.00. The number of fused-ring (bicyclic) bond motifs is 2. The van der Waals surface area contributed by atoms with Crippen LogP contribution in [0.15, 0.2) is 0 Å². The SMILES string of the molecule is CO[C@H]1O[C@@H]2CO[C@@H](C2O[C@H]2O[C@@H](CO)[C@@H](OS(=O)(=O)[O-])[C@@H](O)[C@@H]2O)[C@@H]1OS(=O)(=O)[O-].[K+].[K+]. The average Bonchev–Trinajstić information content (AvgIpc) is 2.95.